The summed E-state index contributed by atoms with van der Waals surface area (Å²) in [6, 6.07) is 17.1. The molecule has 33 heavy (non-hydrogen) atoms. The Morgan fingerprint density at radius 3 is 2.45 bits per heavy atom. The molecule has 0 atom stereocenters. The lowest BCUT2D eigenvalue weighted by molar-refractivity contribution is -0.924. The summed E-state index contributed by atoms with van der Waals surface area (Å²) in [5, 5.41) is 5.87. The average molecular weight is 548 g/mol. The fourth-order valence-electron chi connectivity index (χ4n) is 5.11. The minimum atomic E-state index is 0.452. The van der Waals surface area contributed by atoms with Gasteiger partial charge in [-0.05, 0) is 55.4 Å². The molecule has 1 N–H and O–H groups in total. The van der Waals surface area contributed by atoms with Crippen LogP contribution in [0.25, 0.3) is 11.4 Å². The van der Waals surface area contributed by atoms with Gasteiger partial charge in [0.15, 0.2) is 12.5 Å². The Hall–Kier alpha value is -1.67. The van der Waals surface area contributed by atoms with Crippen LogP contribution < -0.4 is 9.80 Å². The van der Waals surface area contributed by atoms with Gasteiger partial charge in [-0.3, -0.25) is 4.57 Å². The highest BCUT2D eigenvalue weighted by atomic mass is 79.9. The third-order valence-electron chi connectivity index (χ3n) is 6.93. The van der Waals surface area contributed by atoms with Crippen molar-refractivity contribution < 1.29 is 4.90 Å². The van der Waals surface area contributed by atoms with Gasteiger partial charge in [0.05, 0.1) is 26.2 Å². The van der Waals surface area contributed by atoms with Crippen LogP contribution in [0, 0.1) is 4.77 Å². The van der Waals surface area contributed by atoms with Gasteiger partial charge >= 0.3 is 0 Å². The Labute approximate surface area is 214 Å². The molecule has 174 valence electrons. The summed E-state index contributed by atoms with van der Waals surface area (Å²) in [5.41, 5.74) is 2.34. The van der Waals surface area contributed by atoms with E-state index in [2.05, 4.69) is 66.5 Å². The highest BCUT2D eigenvalue weighted by molar-refractivity contribution is 9.10. The van der Waals surface area contributed by atoms with Gasteiger partial charge in [0.2, 0.25) is 4.77 Å². The van der Waals surface area contributed by atoms with Gasteiger partial charge in [-0.25, -0.2) is 0 Å². The molecular weight excluding hydrogens is 518 g/mol. The van der Waals surface area contributed by atoms with E-state index < -0.39 is 0 Å². The molecule has 2 aliphatic rings. The van der Waals surface area contributed by atoms with Crippen molar-refractivity contribution in [1.82, 2.24) is 14.3 Å². The minimum absolute atomic E-state index is 0.452. The number of benzene rings is 2. The second-order valence-corrected chi connectivity index (χ2v) is 10.9. The highest BCUT2D eigenvalue weighted by Gasteiger charge is 2.25. The van der Waals surface area contributed by atoms with Crippen molar-refractivity contribution in [2.75, 3.05) is 31.1 Å². The van der Waals surface area contributed by atoms with Crippen LogP contribution in [-0.4, -0.2) is 40.5 Å². The zero-order valence-electron chi connectivity index (χ0n) is 18.7. The molecule has 2 heterocycles. The van der Waals surface area contributed by atoms with Crippen LogP contribution in [0.3, 0.4) is 0 Å². The summed E-state index contributed by atoms with van der Waals surface area (Å²) >= 11 is 15.8. The second kappa shape index (κ2) is 10.3. The lowest BCUT2D eigenvalue weighted by Gasteiger charge is -2.33. The maximum atomic E-state index is 6.20. The summed E-state index contributed by atoms with van der Waals surface area (Å²) in [6.07, 6.45) is 6.25. The number of hydrogen-bond donors (Lipinski definition) is 1. The smallest absolute Gasteiger partial charge is 0.203 e. The fourth-order valence-corrected chi connectivity index (χ4v) is 5.90. The van der Waals surface area contributed by atoms with Gasteiger partial charge in [-0.1, -0.05) is 65.0 Å². The number of anilines is 1. The van der Waals surface area contributed by atoms with Crippen molar-refractivity contribution in [1.29, 1.82) is 0 Å². The summed E-state index contributed by atoms with van der Waals surface area (Å²) < 4.78 is 6.37. The monoisotopic (exact) mass is 546 g/mol. The number of halogens is 2. The van der Waals surface area contributed by atoms with E-state index in [1.54, 1.807) is 0 Å². The zero-order chi connectivity index (χ0) is 22.8. The van der Waals surface area contributed by atoms with E-state index in [-0.39, 0.29) is 0 Å². The molecule has 3 aromatic rings. The predicted octanol–water partition coefficient (Wildman–Crippen LogP) is 5.36. The number of aromatic nitrogens is 3. The highest BCUT2D eigenvalue weighted by Crippen LogP contribution is 2.32. The van der Waals surface area contributed by atoms with Crippen molar-refractivity contribution in [2.45, 2.75) is 44.8 Å². The summed E-state index contributed by atoms with van der Waals surface area (Å²) in [5.74, 6) is 1.01. The molecule has 5 rings (SSSR count). The molecular formula is C25H30BrClN5S+. The quantitative estimate of drug-likeness (QED) is 0.436. The molecule has 5 nitrogen and oxygen atoms in total. The third-order valence-corrected chi connectivity index (χ3v) is 8.10. The largest absolute Gasteiger partial charge is 0.360 e. The first-order valence-corrected chi connectivity index (χ1v) is 13.5. The van der Waals surface area contributed by atoms with Crippen LogP contribution in [0.2, 0.25) is 5.02 Å². The van der Waals surface area contributed by atoms with Crippen LogP contribution >= 0.6 is 39.7 Å². The van der Waals surface area contributed by atoms with E-state index in [4.69, 9.17) is 28.9 Å². The number of nitrogens with zero attached hydrogens (tertiary/aromatic N) is 4. The molecule has 1 aromatic heterocycles. The van der Waals surface area contributed by atoms with Gasteiger partial charge < -0.3 is 9.80 Å². The van der Waals surface area contributed by atoms with E-state index in [0.717, 1.165) is 58.5 Å². The van der Waals surface area contributed by atoms with Gasteiger partial charge in [0, 0.05) is 26.8 Å². The van der Waals surface area contributed by atoms with Crippen molar-refractivity contribution in [3.05, 3.63) is 62.8 Å². The lowest BCUT2D eigenvalue weighted by atomic mass is 9.95. The number of hydrogen-bond acceptors (Lipinski definition) is 3. The minimum Gasteiger partial charge on any atom is -0.360 e. The molecule has 2 fully saturated rings. The van der Waals surface area contributed by atoms with E-state index in [0.29, 0.717) is 6.04 Å². The maximum absolute atomic E-state index is 6.20. The van der Waals surface area contributed by atoms with Crippen molar-refractivity contribution >= 4 is 45.4 Å². The van der Waals surface area contributed by atoms with E-state index in [1.807, 2.05) is 12.1 Å². The normalized spacial score (nSPS) is 18.1. The van der Waals surface area contributed by atoms with Gasteiger partial charge in [-0.15, -0.1) is 5.10 Å². The Bertz CT molecular complexity index is 1140. The first-order valence-electron chi connectivity index (χ1n) is 11.9. The molecule has 1 saturated heterocycles. The molecule has 0 bridgehead atoms. The Kier molecular flexibility index (Phi) is 7.21. The van der Waals surface area contributed by atoms with E-state index in [1.165, 1.54) is 42.7 Å². The SMILES string of the molecule is S=c1n(C[NH+]2CCN(c3cccc(Cl)c3)CC2)nc(-c2ccc(Br)cc2)n1C1CCCCC1. The summed E-state index contributed by atoms with van der Waals surface area (Å²) in [7, 11) is 0. The van der Waals surface area contributed by atoms with Crippen LogP contribution in [0.1, 0.15) is 38.1 Å². The van der Waals surface area contributed by atoms with Crippen LogP contribution in [0.5, 0.6) is 0 Å². The molecule has 0 radical (unpaired) electrons. The summed E-state index contributed by atoms with van der Waals surface area (Å²) in [6.45, 7) is 4.93. The third kappa shape index (κ3) is 5.21. The first-order chi connectivity index (χ1) is 16.1. The fraction of sp³-hybridized carbons (Fsp3) is 0.440. The topological polar surface area (TPSA) is 30.4 Å². The number of quaternary nitrogens is 1. The maximum Gasteiger partial charge on any atom is 0.203 e. The average Bonchev–Trinajstić information content (AvgIpc) is 3.16. The predicted molar refractivity (Wildman–Crippen MR) is 141 cm³/mol. The second-order valence-electron chi connectivity index (χ2n) is 9.15. The number of piperazine rings is 1. The Morgan fingerprint density at radius 2 is 1.76 bits per heavy atom. The number of nitrogens with one attached hydrogen (secondary N) is 1. The molecule has 0 spiro atoms. The van der Waals surface area contributed by atoms with Gasteiger partial charge in [0.1, 0.15) is 0 Å². The van der Waals surface area contributed by atoms with E-state index in [9.17, 15) is 0 Å². The molecule has 1 aliphatic heterocycles. The molecule has 0 amide bonds. The van der Waals surface area contributed by atoms with Crippen molar-refractivity contribution in [3.63, 3.8) is 0 Å². The van der Waals surface area contributed by atoms with Crippen molar-refractivity contribution in [3.8, 4) is 11.4 Å². The molecule has 2 aromatic carbocycles. The Balaban J connectivity index is 1.36. The summed E-state index contributed by atoms with van der Waals surface area (Å²) in [4.78, 5) is 3.93. The first kappa shape index (κ1) is 23.1. The van der Waals surface area contributed by atoms with Gasteiger partial charge in [-0.2, -0.15) is 4.68 Å². The van der Waals surface area contributed by atoms with Crippen LogP contribution in [-0.2, 0) is 6.67 Å². The molecule has 1 saturated carbocycles. The molecule has 0 unspecified atom stereocenters. The van der Waals surface area contributed by atoms with Crippen LogP contribution in [0.15, 0.2) is 53.0 Å². The molecule has 8 heteroatoms. The standard InChI is InChI=1S/C25H29BrClN5S/c26-20-11-9-19(10-12-20)24-28-31(25(33)32(24)22-6-2-1-3-7-22)18-29-13-15-30(16-14-29)23-8-4-5-21(27)17-23/h4-5,8-12,17,22H,1-3,6-7,13-16,18H2/p+1. The molecule has 1 aliphatic carbocycles. The van der Waals surface area contributed by atoms with E-state index >= 15 is 0 Å². The zero-order valence-corrected chi connectivity index (χ0v) is 21.9. The van der Waals surface area contributed by atoms with Crippen molar-refractivity contribution in [2.24, 2.45) is 0 Å². The number of rotatable bonds is 5. The van der Waals surface area contributed by atoms with Gasteiger partial charge in [0.25, 0.3) is 0 Å². The van der Waals surface area contributed by atoms with Crippen LogP contribution in [0.4, 0.5) is 5.69 Å². The Morgan fingerprint density at radius 1 is 1.03 bits per heavy atom. The lowest BCUT2D eigenvalue weighted by Crippen LogP contribution is -3.14.